The van der Waals surface area contributed by atoms with Gasteiger partial charge in [-0.25, -0.2) is 14.5 Å². The predicted molar refractivity (Wildman–Crippen MR) is 95.9 cm³/mol. The molecule has 114 valence electrons. The Labute approximate surface area is 145 Å². The molecule has 0 N–H and O–H groups in total. The van der Waals surface area contributed by atoms with E-state index >= 15 is 0 Å². The lowest BCUT2D eigenvalue weighted by Crippen LogP contribution is -1.99. The summed E-state index contributed by atoms with van der Waals surface area (Å²) in [5.41, 5.74) is 3.41. The number of aryl methyl sites for hydroxylation is 2. The molecule has 1 aliphatic rings. The van der Waals surface area contributed by atoms with Crippen molar-refractivity contribution in [2.45, 2.75) is 25.7 Å². The Bertz CT molecular complexity index is 1030. The van der Waals surface area contributed by atoms with E-state index in [4.69, 9.17) is 4.98 Å². The van der Waals surface area contributed by atoms with E-state index in [1.807, 2.05) is 40.1 Å². The molecule has 3 aromatic heterocycles. The van der Waals surface area contributed by atoms with Crippen LogP contribution >= 0.6 is 27.3 Å². The van der Waals surface area contributed by atoms with Gasteiger partial charge >= 0.3 is 0 Å². The van der Waals surface area contributed by atoms with Gasteiger partial charge < -0.3 is 0 Å². The first-order valence-electron chi connectivity index (χ1n) is 7.71. The van der Waals surface area contributed by atoms with Crippen LogP contribution in [-0.4, -0.2) is 19.6 Å². The maximum absolute atomic E-state index is 4.82. The van der Waals surface area contributed by atoms with Gasteiger partial charge in [-0.1, -0.05) is 28.1 Å². The molecule has 0 unspecified atom stereocenters. The van der Waals surface area contributed by atoms with Gasteiger partial charge in [0.1, 0.15) is 11.2 Å². The van der Waals surface area contributed by atoms with Crippen molar-refractivity contribution in [3.8, 4) is 11.4 Å². The number of hydrogen-bond donors (Lipinski definition) is 0. The van der Waals surface area contributed by atoms with Crippen LogP contribution in [0.15, 0.2) is 35.1 Å². The normalized spacial score (nSPS) is 14.5. The fraction of sp³-hybridized carbons (Fsp3) is 0.235. The Morgan fingerprint density at radius 2 is 1.91 bits per heavy atom. The van der Waals surface area contributed by atoms with Crippen LogP contribution in [0, 0.1) is 0 Å². The molecule has 6 heteroatoms. The predicted octanol–water partition coefficient (Wildman–Crippen LogP) is 4.65. The van der Waals surface area contributed by atoms with Gasteiger partial charge in [0.25, 0.3) is 0 Å². The molecule has 1 aliphatic carbocycles. The van der Waals surface area contributed by atoms with Crippen LogP contribution in [-0.2, 0) is 12.8 Å². The standard InChI is InChI=1S/C17H13BrN4S/c18-11-7-5-10(6-8-11)15-20-16-14-12-3-1-2-4-13(12)23-17(14)19-9-22(16)21-15/h5-9H,1-4H2. The summed E-state index contributed by atoms with van der Waals surface area (Å²) in [5, 5.41) is 5.83. The van der Waals surface area contributed by atoms with Crippen molar-refractivity contribution in [3.63, 3.8) is 0 Å². The molecule has 0 saturated heterocycles. The van der Waals surface area contributed by atoms with Crippen LogP contribution in [0.25, 0.3) is 27.3 Å². The zero-order chi connectivity index (χ0) is 15.4. The van der Waals surface area contributed by atoms with Crippen LogP contribution in [0.4, 0.5) is 0 Å². The van der Waals surface area contributed by atoms with E-state index in [1.54, 1.807) is 6.33 Å². The Morgan fingerprint density at radius 1 is 1.09 bits per heavy atom. The van der Waals surface area contributed by atoms with Crippen molar-refractivity contribution in [1.82, 2.24) is 19.6 Å². The second-order valence-corrected chi connectivity index (χ2v) is 7.85. The number of halogens is 1. The molecular formula is C17H13BrN4S. The van der Waals surface area contributed by atoms with Gasteiger partial charge in [0, 0.05) is 14.9 Å². The number of fused-ring (bicyclic) bond motifs is 5. The summed E-state index contributed by atoms with van der Waals surface area (Å²) in [5.74, 6) is 0.752. The van der Waals surface area contributed by atoms with Gasteiger partial charge in [-0.05, 0) is 43.4 Å². The molecule has 4 nitrogen and oxygen atoms in total. The van der Waals surface area contributed by atoms with Gasteiger partial charge in [0.15, 0.2) is 11.5 Å². The third-order valence-corrected chi connectivity index (χ3v) is 6.12. The monoisotopic (exact) mass is 384 g/mol. The average molecular weight is 385 g/mol. The Hall–Kier alpha value is -1.79. The van der Waals surface area contributed by atoms with E-state index in [0.29, 0.717) is 0 Å². The highest BCUT2D eigenvalue weighted by Gasteiger charge is 2.20. The maximum Gasteiger partial charge on any atom is 0.182 e. The fourth-order valence-electron chi connectivity index (χ4n) is 3.28. The van der Waals surface area contributed by atoms with Crippen molar-refractivity contribution in [3.05, 3.63) is 45.5 Å². The summed E-state index contributed by atoms with van der Waals surface area (Å²) >= 11 is 5.29. The number of thiophene rings is 1. The number of hydrogen-bond acceptors (Lipinski definition) is 4. The second kappa shape index (κ2) is 5.11. The number of aromatic nitrogens is 4. The first kappa shape index (κ1) is 13.6. The topological polar surface area (TPSA) is 43.1 Å². The van der Waals surface area contributed by atoms with Crippen LogP contribution in [0.5, 0.6) is 0 Å². The van der Waals surface area contributed by atoms with E-state index in [1.165, 1.54) is 35.1 Å². The van der Waals surface area contributed by atoms with Crippen molar-refractivity contribution >= 4 is 43.1 Å². The number of rotatable bonds is 1. The highest BCUT2D eigenvalue weighted by Crippen LogP contribution is 2.37. The fourth-order valence-corrected chi connectivity index (χ4v) is 4.76. The smallest absolute Gasteiger partial charge is 0.182 e. The van der Waals surface area contributed by atoms with Crippen molar-refractivity contribution < 1.29 is 0 Å². The van der Waals surface area contributed by atoms with Gasteiger partial charge in [0.05, 0.1) is 5.39 Å². The molecule has 0 bridgehead atoms. The minimum Gasteiger partial charge on any atom is -0.225 e. The molecule has 0 spiro atoms. The van der Waals surface area contributed by atoms with Gasteiger partial charge in [-0.2, -0.15) is 0 Å². The molecular weight excluding hydrogens is 372 g/mol. The van der Waals surface area contributed by atoms with Crippen LogP contribution in [0.3, 0.4) is 0 Å². The van der Waals surface area contributed by atoms with Crippen LogP contribution < -0.4 is 0 Å². The van der Waals surface area contributed by atoms with E-state index < -0.39 is 0 Å². The second-order valence-electron chi connectivity index (χ2n) is 5.85. The summed E-state index contributed by atoms with van der Waals surface area (Å²) in [4.78, 5) is 12.0. The van der Waals surface area contributed by atoms with E-state index in [-0.39, 0.29) is 0 Å². The van der Waals surface area contributed by atoms with Crippen molar-refractivity contribution in [2.24, 2.45) is 0 Å². The lowest BCUT2D eigenvalue weighted by Gasteiger charge is -2.09. The largest absolute Gasteiger partial charge is 0.225 e. The Balaban J connectivity index is 1.77. The highest BCUT2D eigenvalue weighted by molar-refractivity contribution is 9.10. The molecule has 23 heavy (non-hydrogen) atoms. The average Bonchev–Trinajstić information content (AvgIpc) is 3.16. The summed E-state index contributed by atoms with van der Waals surface area (Å²) in [6.45, 7) is 0. The summed E-state index contributed by atoms with van der Waals surface area (Å²) in [6, 6.07) is 8.10. The minimum absolute atomic E-state index is 0.752. The molecule has 0 saturated carbocycles. The SMILES string of the molecule is Brc1ccc(-c2nc3c4c5c(sc4ncn3n2)CCCC5)cc1. The molecule has 1 aromatic carbocycles. The molecule has 0 aliphatic heterocycles. The third kappa shape index (κ3) is 2.12. The third-order valence-electron chi connectivity index (χ3n) is 4.39. The first-order chi connectivity index (χ1) is 11.3. The molecule has 0 radical (unpaired) electrons. The van der Waals surface area contributed by atoms with Crippen LogP contribution in [0.1, 0.15) is 23.3 Å². The molecule has 0 atom stereocenters. The number of benzene rings is 1. The summed E-state index contributed by atoms with van der Waals surface area (Å²) < 4.78 is 2.88. The van der Waals surface area contributed by atoms with Crippen molar-refractivity contribution in [2.75, 3.05) is 0 Å². The molecule has 5 rings (SSSR count). The highest BCUT2D eigenvalue weighted by atomic mass is 79.9. The Kier molecular flexibility index (Phi) is 3.03. The van der Waals surface area contributed by atoms with Gasteiger partial charge in [0.2, 0.25) is 0 Å². The molecule has 3 heterocycles. The minimum atomic E-state index is 0.752. The lowest BCUT2D eigenvalue weighted by molar-refractivity contribution is 0.700. The molecule has 4 aromatic rings. The van der Waals surface area contributed by atoms with Gasteiger partial charge in [-0.3, -0.25) is 0 Å². The molecule has 0 amide bonds. The van der Waals surface area contributed by atoms with E-state index in [2.05, 4.69) is 26.0 Å². The van der Waals surface area contributed by atoms with Gasteiger partial charge in [-0.15, -0.1) is 16.4 Å². The summed E-state index contributed by atoms with van der Waals surface area (Å²) in [7, 11) is 0. The van der Waals surface area contributed by atoms with E-state index in [0.717, 1.165) is 32.8 Å². The summed E-state index contributed by atoms with van der Waals surface area (Å²) in [6.07, 6.45) is 6.64. The lowest BCUT2D eigenvalue weighted by atomic mass is 9.97. The van der Waals surface area contributed by atoms with E-state index in [9.17, 15) is 0 Å². The van der Waals surface area contributed by atoms with Crippen molar-refractivity contribution in [1.29, 1.82) is 0 Å². The first-order valence-corrected chi connectivity index (χ1v) is 9.32. The Morgan fingerprint density at radius 3 is 2.78 bits per heavy atom. The zero-order valence-electron chi connectivity index (χ0n) is 12.3. The van der Waals surface area contributed by atoms with Crippen LogP contribution in [0.2, 0.25) is 0 Å². The maximum atomic E-state index is 4.82. The molecule has 0 fully saturated rings. The zero-order valence-corrected chi connectivity index (χ0v) is 14.7. The number of nitrogens with zero attached hydrogens (tertiary/aromatic N) is 4. The quantitative estimate of drug-likeness (QED) is 0.479.